The van der Waals surface area contributed by atoms with Crippen LogP contribution in [0.2, 0.25) is 0 Å². The van der Waals surface area contributed by atoms with Gasteiger partial charge < -0.3 is 4.18 Å². The largest absolute Gasteiger partial charge is 0.386 e. The van der Waals surface area contributed by atoms with Gasteiger partial charge in [0.05, 0.1) is 5.70 Å². The van der Waals surface area contributed by atoms with Crippen LogP contribution in [0.5, 0.6) is 0 Å². The van der Waals surface area contributed by atoms with Crippen LogP contribution in [0, 0.1) is 0 Å². The minimum atomic E-state index is -3.12. The Kier molecular flexibility index (Phi) is 3.02. The first-order chi connectivity index (χ1) is 6.09. The van der Waals surface area contributed by atoms with Crippen LogP contribution < -0.4 is 4.72 Å². The van der Waals surface area contributed by atoms with Gasteiger partial charge in [-0.1, -0.05) is 25.7 Å². The lowest BCUT2D eigenvalue weighted by molar-refractivity contribution is 0.348. The van der Waals surface area contributed by atoms with E-state index in [0.717, 1.165) is 6.42 Å². The summed E-state index contributed by atoms with van der Waals surface area (Å²) in [6.45, 7) is 5.45. The zero-order chi connectivity index (χ0) is 9.90. The quantitative estimate of drug-likeness (QED) is 0.645. The summed E-state index contributed by atoms with van der Waals surface area (Å²) in [6.07, 6.45) is 5.71. The zero-order valence-corrected chi connectivity index (χ0v) is 8.17. The van der Waals surface area contributed by atoms with Gasteiger partial charge in [-0.2, -0.15) is 0 Å². The maximum atomic E-state index is 9.18. The molecule has 0 unspecified atom stereocenters. The monoisotopic (exact) mass is 203 g/mol. The lowest BCUT2D eigenvalue weighted by Gasteiger charge is -2.17. The first-order valence-corrected chi connectivity index (χ1v) is 5.35. The minimum absolute atomic E-state index is 0.414. The van der Waals surface area contributed by atoms with Crippen molar-refractivity contribution < 1.29 is 13.3 Å². The molecule has 0 aromatic rings. The summed E-state index contributed by atoms with van der Waals surface area (Å²) in [5, 5.41) is 0. The van der Waals surface area contributed by atoms with Crippen LogP contribution in [0.1, 0.15) is 13.3 Å². The Morgan fingerprint density at radius 3 is 2.85 bits per heavy atom. The third-order valence-electron chi connectivity index (χ3n) is 1.39. The molecule has 1 saturated heterocycles. The minimum Gasteiger partial charge on any atom is -0.386 e. The third-order valence-corrected chi connectivity index (χ3v) is 2.29. The van der Waals surface area contributed by atoms with Crippen molar-refractivity contribution in [2.24, 2.45) is 0 Å². The maximum Gasteiger partial charge on any atom is 0.228 e. The van der Waals surface area contributed by atoms with E-state index in [1.54, 1.807) is 6.08 Å². The van der Waals surface area contributed by atoms with Gasteiger partial charge in [0.1, 0.15) is 0 Å². The standard InChI is InChI=1S/C8H13NO3S/c1-3-5-7-8(6-4-2)12-13(10,11)9-7/h4-6,9-11H,2-3H2,1H3/b7-5+,8-6+. The molecule has 1 aliphatic rings. The highest BCUT2D eigenvalue weighted by atomic mass is 32.3. The van der Waals surface area contributed by atoms with E-state index in [2.05, 4.69) is 11.3 Å². The van der Waals surface area contributed by atoms with Gasteiger partial charge in [-0.25, -0.2) is 0 Å². The fourth-order valence-corrected chi connectivity index (χ4v) is 1.86. The van der Waals surface area contributed by atoms with Crippen molar-refractivity contribution in [2.45, 2.75) is 13.3 Å². The summed E-state index contributed by atoms with van der Waals surface area (Å²) in [7, 11) is 0. The summed E-state index contributed by atoms with van der Waals surface area (Å²) in [6, 6.07) is 0. The maximum absolute atomic E-state index is 9.18. The molecule has 0 aromatic carbocycles. The van der Waals surface area contributed by atoms with E-state index in [0.29, 0.717) is 11.5 Å². The lowest BCUT2D eigenvalue weighted by Crippen LogP contribution is -2.10. The van der Waals surface area contributed by atoms with Gasteiger partial charge >= 0.3 is 0 Å². The molecule has 0 aliphatic carbocycles. The summed E-state index contributed by atoms with van der Waals surface area (Å²) < 4.78 is 25.7. The van der Waals surface area contributed by atoms with E-state index in [1.807, 2.05) is 13.0 Å². The molecule has 4 nitrogen and oxygen atoms in total. The van der Waals surface area contributed by atoms with Gasteiger partial charge in [0.2, 0.25) is 11.1 Å². The molecule has 0 amide bonds. The Bertz CT molecular complexity index is 271. The molecule has 0 spiro atoms. The molecular weight excluding hydrogens is 190 g/mol. The van der Waals surface area contributed by atoms with Crippen LogP contribution in [0.4, 0.5) is 0 Å². The van der Waals surface area contributed by atoms with Crippen molar-refractivity contribution in [1.29, 1.82) is 0 Å². The van der Waals surface area contributed by atoms with Crippen LogP contribution in [0.25, 0.3) is 0 Å². The zero-order valence-electron chi connectivity index (χ0n) is 7.36. The normalized spacial score (nSPS) is 28.2. The molecular formula is C8H13NO3S. The van der Waals surface area contributed by atoms with Gasteiger partial charge in [0.15, 0.2) is 5.76 Å². The topological polar surface area (TPSA) is 61.7 Å². The summed E-state index contributed by atoms with van der Waals surface area (Å²) in [5.41, 5.74) is 0.599. The molecule has 5 heteroatoms. The van der Waals surface area contributed by atoms with Crippen molar-refractivity contribution in [2.75, 3.05) is 0 Å². The fourth-order valence-electron chi connectivity index (χ4n) is 0.955. The van der Waals surface area contributed by atoms with Crippen molar-refractivity contribution in [1.82, 2.24) is 4.72 Å². The third kappa shape index (κ3) is 2.51. The Labute approximate surface area is 79.3 Å². The van der Waals surface area contributed by atoms with Crippen LogP contribution >= 0.6 is 11.1 Å². The van der Waals surface area contributed by atoms with E-state index >= 15 is 0 Å². The predicted octanol–water partition coefficient (Wildman–Crippen LogP) is 2.55. The van der Waals surface area contributed by atoms with Crippen molar-refractivity contribution in [3.05, 3.63) is 36.3 Å². The summed E-state index contributed by atoms with van der Waals surface area (Å²) in [4.78, 5) is 0. The number of nitrogens with one attached hydrogen (secondary N) is 1. The summed E-state index contributed by atoms with van der Waals surface area (Å²) in [5.74, 6) is 0.414. The Hall–Kier alpha value is -0.910. The number of hydrogen-bond donors (Lipinski definition) is 3. The molecule has 13 heavy (non-hydrogen) atoms. The molecule has 0 bridgehead atoms. The van der Waals surface area contributed by atoms with E-state index in [-0.39, 0.29) is 0 Å². The van der Waals surface area contributed by atoms with Crippen molar-refractivity contribution in [3.8, 4) is 0 Å². The second-order valence-electron chi connectivity index (χ2n) is 2.47. The molecule has 1 fully saturated rings. The first-order valence-electron chi connectivity index (χ1n) is 3.87. The van der Waals surface area contributed by atoms with Gasteiger partial charge in [0, 0.05) is 0 Å². The number of hydrogen-bond acceptors (Lipinski definition) is 4. The Morgan fingerprint density at radius 2 is 2.31 bits per heavy atom. The molecule has 1 heterocycles. The average molecular weight is 203 g/mol. The summed E-state index contributed by atoms with van der Waals surface area (Å²) >= 11 is -3.12. The molecule has 0 atom stereocenters. The molecule has 1 rings (SSSR count). The molecule has 0 aromatic heterocycles. The van der Waals surface area contributed by atoms with Gasteiger partial charge in [0.25, 0.3) is 0 Å². The second kappa shape index (κ2) is 3.87. The lowest BCUT2D eigenvalue weighted by atomic mass is 10.3. The fraction of sp³-hybridized carbons (Fsp3) is 0.250. The number of rotatable bonds is 2. The van der Waals surface area contributed by atoms with Crippen LogP contribution in [0.15, 0.2) is 36.3 Å². The van der Waals surface area contributed by atoms with Crippen molar-refractivity contribution in [3.63, 3.8) is 0 Å². The Balaban J connectivity index is 2.90. The SMILES string of the molecule is C=C/C=C1/OS(O)(O)N/C1=C/CC. The smallest absolute Gasteiger partial charge is 0.228 e. The highest BCUT2D eigenvalue weighted by Gasteiger charge is 2.31. The second-order valence-corrected chi connectivity index (χ2v) is 3.84. The van der Waals surface area contributed by atoms with Gasteiger partial charge in [-0.15, -0.1) is 0 Å². The Morgan fingerprint density at radius 1 is 1.62 bits per heavy atom. The highest BCUT2D eigenvalue weighted by molar-refractivity contribution is 8.18. The van der Waals surface area contributed by atoms with E-state index in [9.17, 15) is 9.11 Å². The van der Waals surface area contributed by atoms with Gasteiger partial charge in [-0.3, -0.25) is 13.8 Å². The molecule has 1 aliphatic heterocycles. The first kappa shape index (κ1) is 10.2. The van der Waals surface area contributed by atoms with Crippen LogP contribution in [-0.2, 0) is 4.18 Å². The molecule has 3 N–H and O–H groups in total. The number of allylic oxidation sites excluding steroid dienone is 3. The van der Waals surface area contributed by atoms with E-state index in [4.69, 9.17) is 4.18 Å². The molecule has 0 radical (unpaired) electrons. The van der Waals surface area contributed by atoms with E-state index in [1.165, 1.54) is 6.08 Å². The molecule has 74 valence electrons. The molecule has 0 saturated carbocycles. The highest BCUT2D eigenvalue weighted by Crippen LogP contribution is 2.47. The predicted molar refractivity (Wildman–Crippen MR) is 53.7 cm³/mol. The average Bonchev–Trinajstić information content (AvgIpc) is 2.28. The van der Waals surface area contributed by atoms with Crippen LogP contribution in [-0.4, -0.2) is 9.11 Å². The van der Waals surface area contributed by atoms with Crippen LogP contribution in [0.3, 0.4) is 0 Å². The van der Waals surface area contributed by atoms with Gasteiger partial charge in [-0.05, 0) is 12.5 Å². The van der Waals surface area contributed by atoms with Crippen molar-refractivity contribution >= 4 is 11.1 Å². The van der Waals surface area contributed by atoms with E-state index < -0.39 is 11.1 Å².